The first-order valence-electron chi connectivity index (χ1n) is 24.7. The van der Waals surface area contributed by atoms with Crippen LogP contribution in [0.4, 0.5) is 11.6 Å². The van der Waals surface area contributed by atoms with Gasteiger partial charge in [0, 0.05) is 84.6 Å². The summed E-state index contributed by atoms with van der Waals surface area (Å²) in [5.74, 6) is 4.95. The molecule has 10 aromatic rings. The Morgan fingerprint density at radius 1 is 0.722 bits per heavy atom. The fourth-order valence-electron chi connectivity index (χ4n) is 10.8. The Kier molecular flexibility index (Phi) is 11.8. The van der Waals surface area contributed by atoms with Crippen LogP contribution < -0.4 is 20.9 Å². The first kappa shape index (κ1) is 45.0. The van der Waals surface area contributed by atoms with Crippen LogP contribution in [0.1, 0.15) is 71.3 Å². The van der Waals surface area contributed by atoms with E-state index in [2.05, 4.69) is 71.2 Å². The van der Waals surface area contributed by atoms with Crippen molar-refractivity contribution < 1.29 is 19.1 Å². The van der Waals surface area contributed by atoms with Gasteiger partial charge in [-0.1, -0.05) is 54.6 Å². The number of aromatic nitrogens is 8. The predicted octanol–water partition coefficient (Wildman–Crippen LogP) is 9.36. The average molecular weight is 979 g/mol. The van der Waals surface area contributed by atoms with Crippen molar-refractivity contribution in [3.8, 4) is 34.3 Å². The summed E-state index contributed by atoms with van der Waals surface area (Å²) < 4.78 is 15.7. The third kappa shape index (κ3) is 8.22. The van der Waals surface area contributed by atoms with Gasteiger partial charge in [-0.3, -0.25) is 18.4 Å². The highest BCUT2D eigenvalue weighted by atomic mass is 32.1. The van der Waals surface area contributed by atoms with Crippen molar-refractivity contribution in [2.24, 2.45) is 5.92 Å². The van der Waals surface area contributed by atoms with Crippen LogP contribution in [0.25, 0.3) is 55.6 Å². The number of nitrogen functional groups attached to an aromatic ring is 2. The molecule has 2 fully saturated rings. The van der Waals surface area contributed by atoms with Crippen LogP contribution in [0.5, 0.6) is 11.5 Å². The van der Waals surface area contributed by atoms with Crippen molar-refractivity contribution in [3.63, 3.8) is 0 Å². The number of fused-ring (bicyclic) bond motifs is 5. The molecule has 0 bridgehead atoms. The molecule has 364 valence electrons. The number of nitrogens with zero attached hydrogens (tertiary/aromatic N) is 8. The van der Waals surface area contributed by atoms with E-state index in [1.54, 1.807) is 12.4 Å². The SMILES string of the molecule is CCOc1ccsc1C(=O)N1CCC(c2nc(-c3cc4ccccc4[nH]3)c3c(N)nccn23)CC1.Nc1nccn2c(C3CCN(C(=O)C4COc5ccccc5C4)CC3)nc(-c3cc4ccccc4[nH]3)c12. The average Bonchev–Trinajstić information content (AvgIpc) is 4.28. The van der Waals surface area contributed by atoms with E-state index in [1.165, 1.54) is 11.3 Å². The molecule has 2 saturated heterocycles. The van der Waals surface area contributed by atoms with Crippen molar-refractivity contribution in [1.29, 1.82) is 0 Å². The Hall–Kier alpha value is -8.18. The number of hydrogen-bond acceptors (Lipinski definition) is 11. The normalized spacial score (nSPS) is 16.5. The third-order valence-electron chi connectivity index (χ3n) is 14.5. The van der Waals surface area contributed by atoms with Crippen molar-refractivity contribution in [2.45, 2.75) is 50.9 Å². The maximum Gasteiger partial charge on any atom is 0.267 e. The monoisotopic (exact) mass is 978 g/mol. The summed E-state index contributed by atoms with van der Waals surface area (Å²) in [5, 5.41) is 4.16. The van der Waals surface area contributed by atoms with Gasteiger partial charge in [0.2, 0.25) is 5.91 Å². The molecule has 1 atom stereocenters. The zero-order valence-electron chi connectivity index (χ0n) is 39.8. The molecule has 0 radical (unpaired) electrons. The fourth-order valence-corrected chi connectivity index (χ4v) is 11.6. The second kappa shape index (κ2) is 18.9. The minimum Gasteiger partial charge on any atom is -0.492 e. The lowest BCUT2D eigenvalue weighted by Crippen LogP contribution is -2.44. The fraction of sp³-hybridized carbons (Fsp3) is 0.273. The number of rotatable bonds is 8. The highest BCUT2D eigenvalue weighted by molar-refractivity contribution is 7.12. The molecule has 10 heterocycles. The van der Waals surface area contributed by atoms with Crippen molar-refractivity contribution in [3.05, 3.63) is 143 Å². The number of amides is 2. The van der Waals surface area contributed by atoms with Gasteiger partial charge in [0.15, 0.2) is 0 Å². The topological polar surface area (TPSA) is 203 Å². The second-order valence-corrected chi connectivity index (χ2v) is 19.7. The van der Waals surface area contributed by atoms with Gasteiger partial charge in [-0.2, -0.15) is 0 Å². The molecule has 2 amide bonds. The summed E-state index contributed by atoms with van der Waals surface area (Å²) in [5.41, 5.74) is 21.0. The molecule has 1 unspecified atom stereocenters. The summed E-state index contributed by atoms with van der Waals surface area (Å²) >= 11 is 1.44. The number of carbonyl (C=O) groups excluding carboxylic acids is 2. The number of likely N-dealkylation sites (tertiary alicyclic amines) is 2. The summed E-state index contributed by atoms with van der Waals surface area (Å²) in [6, 6.07) is 30.4. The molecule has 3 aliphatic heterocycles. The highest BCUT2D eigenvalue weighted by Crippen LogP contribution is 2.39. The van der Waals surface area contributed by atoms with Crippen LogP contribution in [0, 0.1) is 5.92 Å². The zero-order valence-corrected chi connectivity index (χ0v) is 40.6. The number of H-pyrrole nitrogens is 2. The number of benzene rings is 3. The largest absolute Gasteiger partial charge is 0.492 e. The lowest BCUT2D eigenvalue weighted by atomic mass is 9.92. The van der Waals surface area contributed by atoms with E-state index in [0.29, 0.717) is 61.7 Å². The Morgan fingerprint density at radius 3 is 1.83 bits per heavy atom. The molecule has 3 aliphatic rings. The molecule has 0 saturated carbocycles. The van der Waals surface area contributed by atoms with E-state index < -0.39 is 0 Å². The Bertz CT molecular complexity index is 3560. The number of thiophene rings is 1. The van der Waals surface area contributed by atoms with E-state index in [4.69, 9.17) is 30.9 Å². The molecule has 6 N–H and O–H groups in total. The van der Waals surface area contributed by atoms with Crippen molar-refractivity contribution >= 4 is 67.6 Å². The zero-order chi connectivity index (χ0) is 48.9. The van der Waals surface area contributed by atoms with Crippen LogP contribution in [0.2, 0.25) is 0 Å². The summed E-state index contributed by atoms with van der Waals surface area (Å²) in [6.07, 6.45) is 11.4. The third-order valence-corrected chi connectivity index (χ3v) is 15.3. The van der Waals surface area contributed by atoms with E-state index >= 15 is 0 Å². The molecular weight excluding hydrogens is 925 g/mol. The van der Waals surface area contributed by atoms with Crippen LogP contribution in [0.3, 0.4) is 0 Å². The number of hydrogen-bond donors (Lipinski definition) is 4. The van der Waals surface area contributed by atoms with Gasteiger partial charge in [-0.05, 0) is 86.4 Å². The molecule has 0 aliphatic carbocycles. The number of anilines is 2. The number of nitrogens with two attached hydrogens (primary N) is 2. The number of ether oxygens (including phenoxy) is 2. The Labute approximate surface area is 418 Å². The molecule has 72 heavy (non-hydrogen) atoms. The summed E-state index contributed by atoms with van der Waals surface area (Å²) in [7, 11) is 0. The maximum absolute atomic E-state index is 13.3. The lowest BCUT2D eigenvalue weighted by Gasteiger charge is -2.35. The number of nitrogens with one attached hydrogen (secondary N) is 2. The van der Waals surface area contributed by atoms with Crippen LogP contribution >= 0.6 is 11.3 Å². The minimum atomic E-state index is -0.127. The van der Waals surface area contributed by atoms with Gasteiger partial charge >= 0.3 is 0 Å². The first-order valence-corrected chi connectivity index (χ1v) is 25.6. The van der Waals surface area contributed by atoms with E-state index in [-0.39, 0.29) is 29.6 Å². The van der Waals surface area contributed by atoms with Crippen LogP contribution in [0.15, 0.2) is 121 Å². The Morgan fingerprint density at radius 2 is 1.26 bits per heavy atom. The molecule has 13 rings (SSSR count). The number of aromatic amines is 2. The molecule has 3 aromatic carbocycles. The van der Waals surface area contributed by atoms with E-state index in [9.17, 15) is 9.59 Å². The molecule has 0 spiro atoms. The highest BCUT2D eigenvalue weighted by Gasteiger charge is 2.35. The van der Waals surface area contributed by atoms with Crippen molar-refractivity contribution in [1.82, 2.24) is 48.5 Å². The smallest absolute Gasteiger partial charge is 0.267 e. The Balaban J connectivity index is 0.000000147. The van der Waals surface area contributed by atoms with Crippen LogP contribution in [-0.4, -0.2) is 99.7 Å². The first-order chi connectivity index (χ1) is 35.3. The van der Waals surface area contributed by atoms with Gasteiger partial charge in [-0.25, -0.2) is 19.9 Å². The lowest BCUT2D eigenvalue weighted by molar-refractivity contribution is -0.138. The molecule has 7 aromatic heterocycles. The van der Waals surface area contributed by atoms with Gasteiger partial charge in [0.1, 0.15) is 68.7 Å². The van der Waals surface area contributed by atoms with Crippen LogP contribution in [-0.2, 0) is 11.2 Å². The standard InChI is InChI=1S/C29H28N6O2.C26H26N6O2S/c30-27-26-25(23-16-19-5-1-3-7-22(19)32-23)33-28(35(26)14-11-31-27)18-9-12-34(13-10-18)29(36)21-15-20-6-2-4-8-24(20)37-17-21;1-2-34-20-9-14-35-23(20)26(33)31-11-7-16(8-12-31)25-30-21(22-24(27)28-10-13-32(22)25)19-15-17-5-3-4-6-18(17)29-19/h1-8,11,14,16,18,21,32H,9-10,12-13,15,17H2,(H2,30,31);3-6,9-10,13-16,29H,2,7-8,11-12H2,1H3,(H2,27,28). The van der Waals surface area contributed by atoms with Gasteiger partial charge in [-0.15, -0.1) is 11.3 Å². The molecule has 17 heteroatoms. The van der Waals surface area contributed by atoms with Gasteiger partial charge < -0.3 is 40.7 Å². The maximum atomic E-state index is 13.3. The number of piperidine rings is 2. The van der Waals surface area contributed by atoms with Gasteiger partial charge in [0.05, 0.1) is 23.9 Å². The second-order valence-electron chi connectivity index (χ2n) is 18.8. The molecule has 16 nitrogen and oxygen atoms in total. The number of para-hydroxylation sites is 3. The van der Waals surface area contributed by atoms with Crippen molar-refractivity contribution in [2.75, 3.05) is 50.9 Å². The summed E-state index contributed by atoms with van der Waals surface area (Å²) in [4.78, 5) is 56.9. The number of carbonyl (C=O) groups is 2. The molecular formula is C55H54N12O4S. The van der Waals surface area contributed by atoms with Gasteiger partial charge in [0.25, 0.3) is 5.91 Å². The predicted molar refractivity (Wildman–Crippen MR) is 280 cm³/mol. The van der Waals surface area contributed by atoms with E-state index in [0.717, 1.165) is 111 Å². The minimum absolute atomic E-state index is 0.0436. The van der Waals surface area contributed by atoms with E-state index in [1.807, 2.05) is 83.0 Å². The number of imidazole rings is 2. The summed E-state index contributed by atoms with van der Waals surface area (Å²) in [6.45, 7) is 5.67. The quantitative estimate of drug-likeness (QED) is 0.114.